The smallest absolute Gasteiger partial charge is 0.194 e. The molecule has 4 heteroatoms. The second kappa shape index (κ2) is 5.31. The number of halogens is 3. The topological polar surface area (TPSA) is 12.0 Å². The van der Waals surface area contributed by atoms with Gasteiger partial charge in [0.1, 0.15) is 0 Å². The molecule has 18 heavy (non-hydrogen) atoms. The van der Waals surface area contributed by atoms with Crippen molar-refractivity contribution in [3.8, 4) is 0 Å². The number of rotatable bonds is 3. The van der Waals surface area contributed by atoms with Gasteiger partial charge in [-0.25, -0.2) is 13.2 Å². The summed E-state index contributed by atoms with van der Waals surface area (Å²) in [5.74, 6) is -2.43. The van der Waals surface area contributed by atoms with Gasteiger partial charge in [-0.3, -0.25) is 0 Å². The van der Waals surface area contributed by atoms with Gasteiger partial charge in [-0.2, -0.15) is 0 Å². The van der Waals surface area contributed by atoms with Crippen molar-refractivity contribution in [1.29, 1.82) is 0 Å². The maximum absolute atomic E-state index is 13.0. The van der Waals surface area contributed by atoms with Crippen LogP contribution < -0.4 is 5.32 Å². The van der Waals surface area contributed by atoms with Crippen molar-refractivity contribution in [2.75, 3.05) is 0 Å². The summed E-state index contributed by atoms with van der Waals surface area (Å²) in [6.07, 6.45) is 2.25. The fourth-order valence-electron chi connectivity index (χ4n) is 2.61. The Morgan fingerprint density at radius 3 is 2.22 bits per heavy atom. The monoisotopic (exact) mass is 257 g/mol. The van der Waals surface area contributed by atoms with Gasteiger partial charge in [0.25, 0.3) is 0 Å². The van der Waals surface area contributed by atoms with Crippen LogP contribution in [0.15, 0.2) is 12.1 Å². The van der Waals surface area contributed by atoms with E-state index < -0.39 is 17.5 Å². The lowest BCUT2D eigenvalue weighted by Crippen LogP contribution is -2.32. The zero-order chi connectivity index (χ0) is 13.3. The van der Waals surface area contributed by atoms with Gasteiger partial charge in [0, 0.05) is 12.6 Å². The first-order valence-corrected chi connectivity index (χ1v) is 6.36. The Balaban J connectivity index is 1.99. The van der Waals surface area contributed by atoms with Crippen LogP contribution in [0.2, 0.25) is 0 Å². The fraction of sp³-hybridized carbons (Fsp3) is 0.571. The molecule has 0 spiro atoms. The van der Waals surface area contributed by atoms with Gasteiger partial charge in [-0.1, -0.05) is 13.8 Å². The van der Waals surface area contributed by atoms with Gasteiger partial charge in [-0.15, -0.1) is 0 Å². The van der Waals surface area contributed by atoms with Crippen LogP contribution in [0.1, 0.15) is 32.3 Å². The maximum Gasteiger partial charge on any atom is 0.194 e. The summed E-state index contributed by atoms with van der Waals surface area (Å²) in [6.45, 7) is 4.76. The molecule has 0 aromatic heterocycles. The standard InChI is InChI=1S/C14H18F3N/c1-8-3-4-13(9(8)2)18-7-10-5-11(15)14(17)12(16)6-10/h5-6,8-9,13,18H,3-4,7H2,1-2H3. The lowest BCUT2D eigenvalue weighted by molar-refractivity contribution is 0.368. The van der Waals surface area contributed by atoms with E-state index in [1.54, 1.807) is 0 Å². The van der Waals surface area contributed by atoms with Crippen LogP contribution in [0.4, 0.5) is 13.2 Å². The van der Waals surface area contributed by atoms with Crippen molar-refractivity contribution in [2.24, 2.45) is 11.8 Å². The van der Waals surface area contributed by atoms with Gasteiger partial charge in [0.15, 0.2) is 17.5 Å². The summed E-state index contributed by atoms with van der Waals surface area (Å²) in [7, 11) is 0. The van der Waals surface area contributed by atoms with E-state index in [4.69, 9.17) is 0 Å². The third-order valence-electron chi connectivity index (χ3n) is 4.08. The summed E-state index contributed by atoms with van der Waals surface area (Å²) in [5.41, 5.74) is 0.443. The van der Waals surface area contributed by atoms with Crippen LogP contribution in [0.25, 0.3) is 0 Å². The molecule has 3 unspecified atom stereocenters. The molecule has 1 N–H and O–H groups in total. The largest absolute Gasteiger partial charge is 0.310 e. The van der Waals surface area contributed by atoms with E-state index in [2.05, 4.69) is 19.2 Å². The van der Waals surface area contributed by atoms with E-state index in [9.17, 15) is 13.2 Å². The van der Waals surface area contributed by atoms with Crippen LogP contribution in [-0.2, 0) is 6.54 Å². The van der Waals surface area contributed by atoms with Gasteiger partial charge < -0.3 is 5.32 Å². The van der Waals surface area contributed by atoms with E-state index >= 15 is 0 Å². The number of nitrogens with one attached hydrogen (secondary N) is 1. The second-order valence-electron chi connectivity index (χ2n) is 5.27. The summed E-state index contributed by atoms with van der Waals surface area (Å²) < 4.78 is 38.9. The first-order chi connectivity index (χ1) is 8.49. The molecule has 0 saturated heterocycles. The highest BCUT2D eigenvalue weighted by atomic mass is 19.2. The molecule has 2 rings (SSSR count). The zero-order valence-electron chi connectivity index (χ0n) is 10.6. The van der Waals surface area contributed by atoms with Crippen LogP contribution >= 0.6 is 0 Å². The summed E-state index contributed by atoms with van der Waals surface area (Å²) in [5, 5.41) is 3.30. The normalized spacial score (nSPS) is 27.7. The second-order valence-corrected chi connectivity index (χ2v) is 5.27. The van der Waals surface area contributed by atoms with Crippen LogP contribution in [0.3, 0.4) is 0 Å². The molecule has 0 aliphatic heterocycles. The third kappa shape index (κ3) is 2.69. The molecule has 0 amide bonds. The fourth-order valence-corrected chi connectivity index (χ4v) is 2.61. The minimum Gasteiger partial charge on any atom is -0.310 e. The van der Waals surface area contributed by atoms with Crippen molar-refractivity contribution in [3.05, 3.63) is 35.1 Å². The summed E-state index contributed by atoms with van der Waals surface area (Å²) in [6, 6.07) is 2.47. The van der Waals surface area contributed by atoms with Crippen molar-refractivity contribution in [3.63, 3.8) is 0 Å². The minimum atomic E-state index is -1.40. The summed E-state index contributed by atoms with van der Waals surface area (Å²) in [4.78, 5) is 0. The third-order valence-corrected chi connectivity index (χ3v) is 4.08. The molecule has 1 fully saturated rings. The Bertz CT molecular complexity index is 410. The Hall–Kier alpha value is -1.03. The predicted octanol–water partition coefficient (Wildman–Crippen LogP) is 3.63. The van der Waals surface area contributed by atoms with E-state index in [-0.39, 0.29) is 0 Å². The quantitative estimate of drug-likeness (QED) is 0.815. The van der Waals surface area contributed by atoms with Crippen molar-refractivity contribution < 1.29 is 13.2 Å². The number of hydrogen-bond donors (Lipinski definition) is 1. The highest BCUT2D eigenvalue weighted by Crippen LogP contribution is 2.31. The molecule has 1 nitrogen and oxygen atoms in total. The van der Waals surface area contributed by atoms with E-state index in [1.165, 1.54) is 6.42 Å². The Morgan fingerprint density at radius 1 is 1.11 bits per heavy atom. The highest BCUT2D eigenvalue weighted by Gasteiger charge is 2.29. The SMILES string of the molecule is CC1CCC(NCc2cc(F)c(F)c(F)c2)C1C. The lowest BCUT2D eigenvalue weighted by Gasteiger charge is -2.19. The Labute approximate surface area is 105 Å². The van der Waals surface area contributed by atoms with E-state index in [0.717, 1.165) is 18.6 Å². The van der Waals surface area contributed by atoms with Gasteiger partial charge in [0.05, 0.1) is 0 Å². The Kier molecular flexibility index (Phi) is 3.95. The van der Waals surface area contributed by atoms with Crippen molar-refractivity contribution in [2.45, 2.75) is 39.3 Å². The van der Waals surface area contributed by atoms with Crippen molar-refractivity contribution in [1.82, 2.24) is 5.32 Å². The predicted molar refractivity (Wildman–Crippen MR) is 64.5 cm³/mol. The average Bonchev–Trinajstić information content (AvgIpc) is 2.64. The number of benzene rings is 1. The zero-order valence-corrected chi connectivity index (χ0v) is 10.6. The van der Waals surface area contributed by atoms with Gasteiger partial charge in [-0.05, 0) is 42.4 Å². The molecule has 0 radical (unpaired) electrons. The highest BCUT2D eigenvalue weighted by molar-refractivity contribution is 5.19. The molecule has 1 aromatic rings. The first kappa shape index (κ1) is 13.4. The summed E-state index contributed by atoms with van der Waals surface area (Å²) >= 11 is 0. The minimum absolute atomic E-state index is 0.371. The molecular weight excluding hydrogens is 239 g/mol. The van der Waals surface area contributed by atoms with E-state index in [0.29, 0.717) is 30.0 Å². The molecule has 3 atom stereocenters. The van der Waals surface area contributed by atoms with Crippen LogP contribution in [0.5, 0.6) is 0 Å². The molecule has 100 valence electrons. The first-order valence-electron chi connectivity index (χ1n) is 6.36. The molecule has 0 bridgehead atoms. The number of hydrogen-bond acceptors (Lipinski definition) is 1. The Morgan fingerprint density at radius 2 is 1.72 bits per heavy atom. The molecule has 1 aromatic carbocycles. The van der Waals surface area contributed by atoms with Gasteiger partial charge >= 0.3 is 0 Å². The lowest BCUT2D eigenvalue weighted by atomic mass is 9.97. The van der Waals surface area contributed by atoms with Crippen molar-refractivity contribution >= 4 is 0 Å². The molecule has 1 aliphatic carbocycles. The average molecular weight is 257 g/mol. The van der Waals surface area contributed by atoms with E-state index in [1.807, 2.05) is 0 Å². The van der Waals surface area contributed by atoms with Crippen LogP contribution in [-0.4, -0.2) is 6.04 Å². The molecule has 1 aliphatic rings. The van der Waals surface area contributed by atoms with Gasteiger partial charge in [0.2, 0.25) is 0 Å². The molecule has 1 saturated carbocycles. The molecular formula is C14H18F3N. The maximum atomic E-state index is 13.0. The molecule has 0 heterocycles. The van der Waals surface area contributed by atoms with Crippen LogP contribution in [0, 0.1) is 29.3 Å².